The fraction of sp³-hybridized carbons (Fsp3) is 0.655. The third kappa shape index (κ3) is 6.54. The third-order valence-electron chi connectivity index (χ3n) is 8.84. The summed E-state index contributed by atoms with van der Waals surface area (Å²) in [4.78, 5) is 43.6. The van der Waals surface area contributed by atoms with Crippen molar-refractivity contribution in [1.29, 1.82) is 0 Å². The summed E-state index contributed by atoms with van der Waals surface area (Å²) >= 11 is 6.02. The maximum Gasteiger partial charge on any atom is 0.410 e. The van der Waals surface area contributed by atoms with Crippen LogP contribution in [-0.4, -0.2) is 100 Å². The van der Waals surface area contributed by atoms with Gasteiger partial charge in [0.05, 0.1) is 26.4 Å². The second-order valence-electron chi connectivity index (χ2n) is 11.4. The van der Waals surface area contributed by atoms with Crippen LogP contribution in [0.25, 0.3) is 11.4 Å². The number of methoxy groups -OCH3 is 1. The van der Waals surface area contributed by atoms with Crippen molar-refractivity contribution in [3.05, 3.63) is 29.3 Å². The molecule has 1 saturated carbocycles. The number of rotatable bonds is 8. The Morgan fingerprint density at radius 3 is 2.33 bits per heavy atom. The van der Waals surface area contributed by atoms with Crippen LogP contribution in [0.4, 0.5) is 4.79 Å². The number of benzene rings is 1. The quantitative estimate of drug-likeness (QED) is 0.326. The molecule has 2 aromatic rings. The number of piperidine rings is 1. The maximum absolute atomic E-state index is 13.0. The molecule has 1 aromatic heterocycles. The number of hydrogen-bond acceptors (Lipinski definition) is 10. The summed E-state index contributed by atoms with van der Waals surface area (Å²) < 4.78 is 15.7. The van der Waals surface area contributed by atoms with Crippen LogP contribution in [-0.2, 0) is 23.8 Å². The zero-order chi connectivity index (χ0) is 29.8. The number of aromatic nitrogens is 4. The van der Waals surface area contributed by atoms with Crippen molar-refractivity contribution in [2.45, 2.75) is 64.1 Å². The minimum Gasteiger partial charge on any atom is -0.465 e. The summed E-state index contributed by atoms with van der Waals surface area (Å²) in [5, 5.41) is 13.8. The van der Waals surface area contributed by atoms with E-state index in [1.54, 1.807) is 23.9 Å². The molecule has 13 heteroatoms. The van der Waals surface area contributed by atoms with Crippen molar-refractivity contribution in [1.82, 2.24) is 30.0 Å². The molecule has 0 radical (unpaired) electrons. The van der Waals surface area contributed by atoms with E-state index < -0.39 is 18.2 Å². The van der Waals surface area contributed by atoms with E-state index in [9.17, 15) is 14.4 Å². The molecule has 1 aliphatic carbocycles. The molecule has 5 rings (SSSR count). The molecule has 2 saturated heterocycles. The molecule has 2 aliphatic heterocycles. The van der Waals surface area contributed by atoms with Gasteiger partial charge in [0.1, 0.15) is 12.1 Å². The minimum atomic E-state index is -0.644. The normalized spacial score (nSPS) is 27.8. The van der Waals surface area contributed by atoms with Gasteiger partial charge in [-0.15, -0.1) is 10.2 Å². The molecular formula is C29H39ClN6O6. The van der Waals surface area contributed by atoms with Crippen molar-refractivity contribution in [3.8, 4) is 11.4 Å². The zero-order valence-electron chi connectivity index (χ0n) is 24.4. The van der Waals surface area contributed by atoms with Crippen molar-refractivity contribution in [2.24, 2.45) is 17.8 Å². The van der Waals surface area contributed by atoms with Crippen molar-refractivity contribution in [2.75, 3.05) is 40.0 Å². The highest BCUT2D eigenvalue weighted by molar-refractivity contribution is 6.30. The van der Waals surface area contributed by atoms with E-state index in [0.29, 0.717) is 55.2 Å². The number of amides is 1. The lowest BCUT2D eigenvalue weighted by atomic mass is 9.69. The van der Waals surface area contributed by atoms with E-state index in [2.05, 4.69) is 20.3 Å². The van der Waals surface area contributed by atoms with Gasteiger partial charge in [0.25, 0.3) is 0 Å². The average Bonchev–Trinajstić information content (AvgIpc) is 3.64. The Morgan fingerprint density at radius 1 is 0.929 bits per heavy atom. The predicted octanol–water partition coefficient (Wildman–Crippen LogP) is 3.61. The van der Waals surface area contributed by atoms with Gasteiger partial charge in [-0.3, -0.25) is 14.6 Å². The molecule has 3 fully saturated rings. The summed E-state index contributed by atoms with van der Waals surface area (Å²) in [6.45, 7) is 5.97. The zero-order valence-corrected chi connectivity index (χ0v) is 25.1. The fourth-order valence-electron chi connectivity index (χ4n) is 6.85. The van der Waals surface area contributed by atoms with Crippen LogP contribution in [0.2, 0.25) is 5.02 Å². The van der Waals surface area contributed by atoms with Crippen molar-refractivity contribution < 1.29 is 28.6 Å². The first-order valence-electron chi connectivity index (χ1n) is 14.8. The second-order valence-corrected chi connectivity index (χ2v) is 11.8. The standard InChI is InChI=1S/C29H39ClN6O6/c1-4-41-27(37)24-14-23(36-32-26(31-33-36)19-8-10-22(30)11-9-19)17-34(24)15-18-6-7-20-16-35(29(39)40-3)25(13-21(20)12-18)28(38)42-5-2/h8-11,18,20-21,23-25H,4-7,12-17H2,1-3H3. The summed E-state index contributed by atoms with van der Waals surface area (Å²) in [5.41, 5.74) is 0.818. The van der Waals surface area contributed by atoms with Gasteiger partial charge in [0.2, 0.25) is 5.82 Å². The average molecular weight is 603 g/mol. The van der Waals surface area contributed by atoms with Gasteiger partial charge < -0.3 is 14.2 Å². The van der Waals surface area contributed by atoms with Gasteiger partial charge in [-0.2, -0.15) is 4.80 Å². The van der Waals surface area contributed by atoms with Crippen LogP contribution in [0, 0.1) is 17.8 Å². The lowest BCUT2D eigenvalue weighted by Gasteiger charge is -2.46. The molecule has 228 valence electrons. The van der Waals surface area contributed by atoms with E-state index in [4.69, 9.17) is 25.8 Å². The molecular weight excluding hydrogens is 564 g/mol. The number of likely N-dealkylation sites (tertiary alicyclic amines) is 2. The summed E-state index contributed by atoms with van der Waals surface area (Å²) in [7, 11) is 1.34. The molecule has 1 amide bonds. The number of fused-ring (bicyclic) bond motifs is 1. The second kappa shape index (κ2) is 13.4. The summed E-state index contributed by atoms with van der Waals surface area (Å²) in [6, 6.07) is 6.11. The molecule has 3 aliphatic rings. The Bertz CT molecular complexity index is 1260. The monoisotopic (exact) mass is 602 g/mol. The predicted molar refractivity (Wildman–Crippen MR) is 152 cm³/mol. The van der Waals surface area contributed by atoms with Crippen LogP contribution in [0.3, 0.4) is 0 Å². The summed E-state index contributed by atoms with van der Waals surface area (Å²) in [6.07, 6.45) is 3.42. The first-order chi connectivity index (χ1) is 20.3. The van der Waals surface area contributed by atoms with E-state index in [0.717, 1.165) is 31.4 Å². The minimum absolute atomic E-state index is 0.124. The van der Waals surface area contributed by atoms with Gasteiger partial charge >= 0.3 is 18.0 Å². The first-order valence-corrected chi connectivity index (χ1v) is 15.2. The lowest BCUT2D eigenvalue weighted by Crippen LogP contribution is -2.55. The molecule has 42 heavy (non-hydrogen) atoms. The van der Waals surface area contributed by atoms with Gasteiger partial charge in [-0.05, 0) is 93.2 Å². The number of hydrogen-bond donors (Lipinski definition) is 0. The lowest BCUT2D eigenvalue weighted by molar-refractivity contribution is -0.153. The van der Waals surface area contributed by atoms with Gasteiger partial charge in [-0.1, -0.05) is 11.6 Å². The van der Waals surface area contributed by atoms with Crippen LogP contribution >= 0.6 is 11.6 Å². The van der Waals surface area contributed by atoms with Gasteiger partial charge in [-0.25, -0.2) is 9.59 Å². The van der Waals surface area contributed by atoms with Gasteiger partial charge in [0.15, 0.2) is 0 Å². The molecule has 6 atom stereocenters. The summed E-state index contributed by atoms with van der Waals surface area (Å²) in [5.74, 6) is 0.793. The Morgan fingerprint density at radius 2 is 1.64 bits per heavy atom. The molecule has 0 N–H and O–H groups in total. The molecule has 0 bridgehead atoms. The topological polar surface area (TPSA) is 129 Å². The van der Waals surface area contributed by atoms with Crippen molar-refractivity contribution >= 4 is 29.6 Å². The van der Waals surface area contributed by atoms with E-state index in [1.807, 2.05) is 19.1 Å². The Balaban J connectivity index is 1.27. The highest BCUT2D eigenvalue weighted by atomic mass is 35.5. The van der Waals surface area contributed by atoms with Crippen LogP contribution < -0.4 is 0 Å². The molecule has 12 nitrogen and oxygen atoms in total. The Kier molecular flexibility index (Phi) is 9.62. The highest BCUT2D eigenvalue weighted by Crippen LogP contribution is 2.42. The number of tetrazole rings is 1. The number of carbonyl (C=O) groups excluding carboxylic acids is 3. The van der Waals surface area contributed by atoms with E-state index >= 15 is 0 Å². The van der Waals surface area contributed by atoms with Crippen molar-refractivity contribution in [3.63, 3.8) is 0 Å². The SMILES string of the molecule is CCOC(=O)C1CC(n2nnc(-c3ccc(Cl)cc3)n2)CN1CC1CCC2CN(C(=O)OC)C(C(=O)OCC)CC2C1. The first kappa shape index (κ1) is 30.2. The Labute approximate surface area is 250 Å². The Hall–Kier alpha value is -3.25. The highest BCUT2D eigenvalue weighted by Gasteiger charge is 2.46. The molecule has 1 aromatic carbocycles. The number of esters is 2. The number of nitrogens with zero attached hydrogens (tertiary/aromatic N) is 6. The van der Waals surface area contributed by atoms with E-state index in [-0.39, 0.29) is 30.5 Å². The van der Waals surface area contributed by atoms with E-state index in [1.165, 1.54) is 12.0 Å². The molecule has 6 unspecified atom stereocenters. The maximum atomic E-state index is 13.0. The number of halogens is 1. The van der Waals surface area contributed by atoms with Crippen LogP contribution in [0.15, 0.2) is 24.3 Å². The smallest absolute Gasteiger partial charge is 0.410 e. The fourth-order valence-corrected chi connectivity index (χ4v) is 6.98. The molecule has 3 heterocycles. The number of ether oxygens (including phenoxy) is 3. The largest absolute Gasteiger partial charge is 0.465 e. The third-order valence-corrected chi connectivity index (χ3v) is 9.09. The van der Waals surface area contributed by atoms with Crippen LogP contribution in [0.5, 0.6) is 0 Å². The molecule has 0 spiro atoms. The van der Waals surface area contributed by atoms with Crippen LogP contribution in [0.1, 0.15) is 52.0 Å². The number of carbonyl (C=O) groups is 3. The van der Waals surface area contributed by atoms with Gasteiger partial charge in [0, 0.05) is 30.2 Å².